The molecule has 5 heteroatoms. The van der Waals surface area contributed by atoms with Gasteiger partial charge >= 0.3 is 0 Å². The summed E-state index contributed by atoms with van der Waals surface area (Å²) in [5.41, 5.74) is 0. The molecule has 1 amide bonds. The molecule has 4 nitrogen and oxygen atoms in total. The van der Waals surface area contributed by atoms with E-state index in [1.54, 1.807) is 0 Å². The lowest BCUT2D eigenvalue weighted by Gasteiger charge is -2.31. The van der Waals surface area contributed by atoms with Gasteiger partial charge in [-0.2, -0.15) is 0 Å². The van der Waals surface area contributed by atoms with E-state index in [1.807, 2.05) is 11.8 Å². The Labute approximate surface area is 133 Å². The van der Waals surface area contributed by atoms with Crippen molar-refractivity contribution >= 4 is 17.7 Å². The molecule has 2 saturated heterocycles. The van der Waals surface area contributed by atoms with Crippen LogP contribution in [0.1, 0.15) is 39.5 Å². The molecule has 1 atom stereocenters. The molecule has 2 fully saturated rings. The van der Waals surface area contributed by atoms with E-state index in [2.05, 4.69) is 29.4 Å². The van der Waals surface area contributed by atoms with Crippen molar-refractivity contribution in [2.75, 3.05) is 38.5 Å². The van der Waals surface area contributed by atoms with Crippen molar-refractivity contribution in [2.24, 2.45) is 5.92 Å². The van der Waals surface area contributed by atoms with Gasteiger partial charge in [0.15, 0.2) is 0 Å². The molecule has 122 valence electrons. The van der Waals surface area contributed by atoms with Crippen LogP contribution in [0.15, 0.2) is 0 Å². The third kappa shape index (κ3) is 5.80. The maximum atomic E-state index is 12.1. The maximum absolute atomic E-state index is 12.1. The number of nitrogens with zero attached hydrogens (tertiary/aromatic N) is 1. The summed E-state index contributed by atoms with van der Waals surface area (Å²) in [5, 5.41) is 7.19. The van der Waals surface area contributed by atoms with Crippen LogP contribution in [0.2, 0.25) is 0 Å². The monoisotopic (exact) mass is 313 g/mol. The molecule has 0 saturated carbocycles. The Bertz CT molecular complexity index is 313. The van der Waals surface area contributed by atoms with Crippen LogP contribution in [0.4, 0.5) is 0 Å². The second-order valence-corrected chi connectivity index (χ2v) is 7.91. The van der Waals surface area contributed by atoms with E-state index < -0.39 is 0 Å². The van der Waals surface area contributed by atoms with Gasteiger partial charge in [0.2, 0.25) is 5.91 Å². The summed E-state index contributed by atoms with van der Waals surface area (Å²) in [5.74, 6) is 1.43. The van der Waals surface area contributed by atoms with Crippen LogP contribution < -0.4 is 10.6 Å². The Morgan fingerprint density at radius 1 is 1.29 bits per heavy atom. The summed E-state index contributed by atoms with van der Waals surface area (Å²) < 4.78 is 0. The summed E-state index contributed by atoms with van der Waals surface area (Å²) in [6, 6.07) is 0.500. The van der Waals surface area contributed by atoms with Gasteiger partial charge in [0.25, 0.3) is 0 Å². The average molecular weight is 314 g/mol. The number of thioether (sulfide) groups is 1. The van der Waals surface area contributed by atoms with Gasteiger partial charge in [0.1, 0.15) is 0 Å². The first kappa shape index (κ1) is 17.1. The lowest BCUT2D eigenvalue weighted by Crippen LogP contribution is -2.46. The second-order valence-electron chi connectivity index (χ2n) is 6.62. The molecular weight excluding hydrogens is 282 g/mol. The number of likely N-dealkylation sites (tertiary alicyclic amines) is 1. The number of piperidine rings is 1. The van der Waals surface area contributed by atoms with E-state index in [0.29, 0.717) is 23.0 Å². The molecule has 2 rings (SSSR count). The molecule has 0 aromatic rings. The largest absolute Gasteiger partial charge is 0.354 e. The van der Waals surface area contributed by atoms with E-state index in [-0.39, 0.29) is 5.91 Å². The highest BCUT2D eigenvalue weighted by atomic mass is 32.2. The van der Waals surface area contributed by atoms with Crippen LogP contribution in [0, 0.1) is 5.92 Å². The summed E-state index contributed by atoms with van der Waals surface area (Å²) in [6.07, 6.45) is 5.01. The highest BCUT2D eigenvalue weighted by Gasteiger charge is 2.25. The highest BCUT2D eigenvalue weighted by molar-refractivity contribution is 8.00. The van der Waals surface area contributed by atoms with Gasteiger partial charge in [-0.3, -0.25) is 9.69 Å². The Morgan fingerprint density at radius 3 is 2.57 bits per heavy atom. The van der Waals surface area contributed by atoms with E-state index in [0.717, 1.165) is 19.6 Å². The second kappa shape index (κ2) is 9.01. The first-order valence-electron chi connectivity index (χ1n) is 8.50. The van der Waals surface area contributed by atoms with E-state index in [4.69, 9.17) is 0 Å². The van der Waals surface area contributed by atoms with Crippen molar-refractivity contribution in [2.45, 2.75) is 50.8 Å². The molecule has 0 aromatic carbocycles. The minimum absolute atomic E-state index is 0.211. The van der Waals surface area contributed by atoms with E-state index >= 15 is 0 Å². The Hall–Kier alpha value is -0.260. The number of hydrogen-bond acceptors (Lipinski definition) is 4. The SMILES string of the molecule is CC(C)C(CNC(=O)CSC1CCNCC1)N1CCCC1. The van der Waals surface area contributed by atoms with Gasteiger partial charge in [0.05, 0.1) is 5.75 Å². The Balaban J connectivity index is 1.66. The fourth-order valence-corrected chi connectivity index (χ4v) is 4.34. The average Bonchev–Trinajstić information content (AvgIpc) is 3.00. The van der Waals surface area contributed by atoms with Crippen LogP contribution in [0.25, 0.3) is 0 Å². The third-order valence-electron chi connectivity index (χ3n) is 4.62. The lowest BCUT2D eigenvalue weighted by atomic mass is 10.0. The molecule has 0 radical (unpaired) electrons. The van der Waals surface area contributed by atoms with Crippen LogP contribution in [0.3, 0.4) is 0 Å². The normalized spacial score (nSPS) is 22.6. The number of carbonyl (C=O) groups is 1. The Morgan fingerprint density at radius 2 is 1.95 bits per heavy atom. The maximum Gasteiger partial charge on any atom is 0.230 e. The van der Waals surface area contributed by atoms with Crippen molar-refractivity contribution in [3.8, 4) is 0 Å². The van der Waals surface area contributed by atoms with Crippen molar-refractivity contribution < 1.29 is 4.79 Å². The molecule has 2 heterocycles. The van der Waals surface area contributed by atoms with Crippen LogP contribution >= 0.6 is 11.8 Å². The molecule has 2 aliphatic rings. The summed E-state index contributed by atoms with van der Waals surface area (Å²) in [4.78, 5) is 14.6. The molecule has 0 aromatic heterocycles. The smallest absolute Gasteiger partial charge is 0.230 e. The molecule has 2 aliphatic heterocycles. The van der Waals surface area contributed by atoms with Crippen molar-refractivity contribution in [3.63, 3.8) is 0 Å². The van der Waals surface area contributed by atoms with Gasteiger partial charge in [-0.15, -0.1) is 11.8 Å². The highest BCUT2D eigenvalue weighted by Crippen LogP contribution is 2.20. The molecular formula is C16H31N3OS. The summed E-state index contributed by atoms with van der Waals surface area (Å²) >= 11 is 1.83. The third-order valence-corrected chi connectivity index (χ3v) is 6.00. The predicted molar refractivity (Wildman–Crippen MR) is 90.8 cm³/mol. The van der Waals surface area contributed by atoms with Gasteiger partial charge in [-0.25, -0.2) is 0 Å². The van der Waals surface area contributed by atoms with Crippen LogP contribution in [-0.4, -0.2) is 60.6 Å². The van der Waals surface area contributed by atoms with Gasteiger partial charge < -0.3 is 10.6 Å². The molecule has 21 heavy (non-hydrogen) atoms. The minimum Gasteiger partial charge on any atom is -0.354 e. The quantitative estimate of drug-likeness (QED) is 0.751. The van der Waals surface area contributed by atoms with Crippen molar-refractivity contribution in [1.82, 2.24) is 15.5 Å². The molecule has 0 aliphatic carbocycles. The topological polar surface area (TPSA) is 44.4 Å². The molecule has 0 spiro atoms. The van der Waals surface area contributed by atoms with E-state index in [9.17, 15) is 4.79 Å². The zero-order valence-corrected chi connectivity index (χ0v) is 14.4. The fraction of sp³-hybridized carbons (Fsp3) is 0.938. The minimum atomic E-state index is 0.211. The predicted octanol–water partition coefficient (Wildman–Crippen LogP) is 1.71. The van der Waals surface area contributed by atoms with Gasteiger partial charge in [0, 0.05) is 17.8 Å². The van der Waals surface area contributed by atoms with Crippen molar-refractivity contribution in [3.05, 3.63) is 0 Å². The zero-order valence-electron chi connectivity index (χ0n) is 13.6. The first-order chi connectivity index (χ1) is 10.2. The number of amides is 1. The standard InChI is InChI=1S/C16H31N3OS/c1-13(2)15(19-9-3-4-10-19)11-18-16(20)12-21-14-5-7-17-8-6-14/h13-15,17H,3-12H2,1-2H3,(H,18,20). The van der Waals surface area contributed by atoms with Gasteiger partial charge in [-0.1, -0.05) is 13.8 Å². The Kier molecular flexibility index (Phi) is 7.34. The zero-order chi connectivity index (χ0) is 15.1. The van der Waals surface area contributed by atoms with Gasteiger partial charge in [-0.05, 0) is 57.8 Å². The molecule has 0 bridgehead atoms. The first-order valence-corrected chi connectivity index (χ1v) is 9.54. The number of carbonyl (C=O) groups excluding carboxylic acids is 1. The molecule has 2 N–H and O–H groups in total. The van der Waals surface area contributed by atoms with Crippen molar-refractivity contribution in [1.29, 1.82) is 0 Å². The fourth-order valence-electron chi connectivity index (χ4n) is 3.28. The number of hydrogen-bond donors (Lipinski definition) is 2. The molecule has 1 unspecified atom stereocenters. The van der Waals surface area contributed by atoms with Crippen LogP contribution in [-0.2, 0) is 4.79 Å². The lowest BCUT2D eigenvalue weighted by molar-refractivity contribution is -0.118. The summed E-state index contributed by atoms with van der Waals surface area (Å²) in [7, 11) is 0. The number of nitrogens with one attached hydrogen (secondary N) is 2. The summed E-state index contributed by atoms with van der Waals surface area (Å²) in [6.45, 7) is 9.93. The number of rotatable bonds is 7. The van der Waals surface area contributed by atoms with Crippen LogP contribution in [0.5, 0.6) is 0 Å². The van der Waals surface area contributed by atoms with E-state index in [1.165, 1.54) is 38.8 Å².